The largest absolute Gasteiger partial charge is 0.130 e. The lowest BCUT2D eigenvalue weighted by Gasteiger charge is -2.02. The lowest BCUT2D eigenvalue weighted by Crippen LogP contribution is -1.81. The van der Waals surface area contributed by atoms with Crippen LogP contribution in [0.4, 0.5) is 0 Å². The van der Waals surface area contributed by atoms with E-state index in [1.54, 1.807) is 0 Å². The molecule has 0 unspecified atom stereocenters. The van der Waals surface area contributed by atoms with Crippen molar-refractivity contribution >= 4 is 41.4 Å². The second kappa shape index (κ2) is 11.6. The van der Waals surface area contributed by atoms with E-state index in [0.29, 0.717) is 0 Å². The van der Waals surface area contributed by atoms with Crippen molar-refractivity contribution in [3.05, 3.63) is 0 Å². The molecule has 4 heteroatoms. The predicted octanol–water partition coefficient (Wildman–Crippen LogP) is 5.56. The monoisotopic (exact) mass is 256 g/mol. The molecule has 0 nitrogen and oxygen atoms in total. The lowest BCUT2D eigenvalue weighted by molar-refractivity contribution is 0.604. The van der Waals surface area contributed by atoms with Gasteiger partial charge in [-0.3, -0.25) is 0 Å². The fourth-order valence-corrected chi connectivity index (χ4v) is 4.05. The Morgan fingerprint density at radius 2 is 1.46 bits per heavy atom. The molecule has 0 aromatic heterocycles. The molecule has 0 aliphatic heterocycles. The standard InChI is InChI=1S/C9H21PS3/c1-2-3-4-5-6-7-8-9-13-10(11)12/h11-12H,2-9H2,1H3. The number of thiol groups is 2. The fourth-order valence-electron chi connectivity index (χ4n) is 1.21. The Balaban J connectivity index is 2.84. The van der Waals surface area contributed by atoms with Crippen molar-refractivity contribution in [1.82, 2.24) is 0 Å². The summed E-state index contributed by atoms with van der Waals surface area (Å²) in [5.74, 6) is 1.24. The Morgan fingerprint density at radius 1 is 0.923 bits per heavy atom. The van der Waals surface area contributed by atoms with Crippen molar-refractivity contribution in [2.24, 2.45) is 0 Å². The maximum atomic E-state index is 4.26. The molecular formula is C9H21PS3. The summed E-state index contributed by atoms with van der Waals surface area (Å²) < 4.78 is 0. The normalized spacial score (nSPS) is 11.1. The van der Waals surface area contributed by atoms with Crippen LogP contribution in [0.1, 0.15) is 51.9 Å². The maximum Gasteiger partial charge on any atom is 0.0666 e. The summed E-state index contributed by atoms with van der Waals surface area (Å²) in [5.41, 5.74) is -0.325. The Morgan fingerprint density at radius 3 is 2.00 bits per heavy atom. The van der Waals surface area contributed by atoms with Crippen LogP contribution < -0.4 is 0 Å². The van der Waals surface area contributed by atoms with E-state index in [-0.39, 0.29) is 5.53 Å². The second-order valence-electron chi connectivity index (χ2n) is 3.21. The van der Waals surface area contributed by atoms with E-state index >= 15 is 0 Å². The van der Waals surface area contributed by atoms with Crippen LogP contribution in [0.5, 0.6) is 0 Å². The molecule has 0 saturated carbocycles. The smallest absolute Gasteiger partial charge is 0.0666 e. The molecule has 0 bridgehead atoms. The van der Waals surface area contributed by atoms with Crippen molar-refractivity contribution in [2.75, 3.05) is 5.75 Å². The molecule has 0 aliphatic rings. The van der Waals surface area contributed by atoms with Gasteiger partial charge in [0.2, 0.25) is 0 Å². The van der Waals surface area contributed by atoms with E-state index < -0.39 is 0 Å². The van der Waals surface area contributed by atoms with Crippen molar-refractivity contribution in [1.29, 1.82) is 0 Å². The van der Waals surface area contributed by atoms with Gasteiger partial charge >= 0.3 is 0 Å². The number of hydrogen-bond donors (Lipinski definition) is 2. The van der Waals surface area contributed by atoms with Crippen molar-refractivity contribution < 1.29 is 0 Å². The molecule has 0 aliphatic carbocycles. The van der Waals surface area contributed by atoms with Crippen molar-refractivity contribution in [3.63, 3.8) is 0 Å². The van der Waals surface area contributed by atoms with Gasteiger partial charge in [0.05, 0.1) is 5.53 Å². The number of rotatable bonds is 9. The zero-order valence-electron chi connectivity index (χ0n) is 8.41. The van der Waals surface area contributed by atoms with Crippen LogP contribution in [-0.2, 0) is 0 Å². The second-order valence-corrected chi connectivity index (χ2v) is 11.2. The summed E-state index contributed by atoms with van der Waals surface area (Å²) in [5, 5.41) is 0. The predicted molar refractivity (Wildman–Crippen MR) is 75.3 cm³/mol. The lowest BCUT2D eigenvalue weighted by atomic mass is 10.1. The molecule has 0 aromatic rings. The van der Waals surface area contributed by atoms with Gasteiger partial charge in [0.1, 0.15) is 0 Å². The topological polar surface area (TPSA) is 0 Å². The zero-order chi connectivity index (χ0) is 9.94. The highest BCUT2D eigenvalue weighted by atomic mass is 33.3. The molecule has 0 saturated heterocycles. The first-order valence-corrected chi connectivity index (χ1v) is 10.3. The van der Waals surface area contributed by atoms with E-state index in [0.717, 1.165) is 0 Å². The van der Waals surface area contributed by atoms with Gasteiger partial charge in [0, 0.05) is 0 Å². The summed E-state index contributed by atoms with van der Waals surface area (Å²) in [6.45, 7) is 2.26. The van der Waals surface area contributed by atoms with E-state index in [2.05, 4.69) is 31.4 Å². The summed E-state index contributed by atoms with van der Waals surface area (Å²) in [7, 11) is 0. The third kappa shape index (κ3) is 13.5. The van der Waals surface area contributed by atoms with Crippen molar-refractivity contribution in [2.45, 2.75) is 51.9 Å². The molecule has 0 fully saturated rings. The summed E-state index contributed by atoms with van der Waals surface area (Å²) in [6, 6.07) is 0. The van der Waals surface area contributed by atoms with Crippen LogP contribution in [0, 0.1) is 0 Å². The van der Waals surface area contributed by atoms with Gasteiger partial charge in [-0.15, -0.1) is 35.9 Å². The number of hydrogen-bond acceptors (Lipinski definition) is 3. The minimum atomic E-state index is -0.325. The third-order valence-corrected chi connectivity index (χ3v) is 5.98. The van der Waals surface area contributed by atoms with Crippen LogP contribution in [0.3, 0.4) is 0 Å². The molecular weight excluding hydrogens is 235 g/mol. The molecule has 0 N–H and O–H groups in total. The first-order valence-electron chi connectivity index (χ1n) is 5.08. The van der Waals surface area contributed by atoms with E-state index in [9.17, 15) is 0 Å². The molecule has 0 radical (unpaired) electrons. The molecule has 80 valence electrons. The zero-order valence-corrected chi connectivity index (χ0v) is 11.9. The molecule has 0 atom stereocenters. The molecule has 13 heavy (non-hydrogen) atoms. The van der Waals surface area contributed by atoms with E-state index in [1.165, 1.54) is 50.7 Å². The quantitative estimate of drug-likeness (QED) is 0.309. The Kier molecular flexibility index (Phi) is 12.9. The van der Waals surface area contributed by atoms with E-state index in [4.69, 9.17) is 0 Å². The summed E-state index contributed by atoms with van der Waals surface area (Å²) >= 11 is 10.4. The molecule has 0 rings (SSSR count). The van der Waals surface area contributed by atoms with Gasteiger partial charge in [0.25, 0.3) is 0 Å². The molecule has 0 spiro atoms. The van der Waals surface area contributed by atoms with Gasteiger partial charge in [-0.1, -0.05) is 45.4 Å². The van der Waals surface area contributed by atoms with Gasteiger partial charge in [0.15, 0.2) is 0 Å². The summed E-state index contributed by atoms with van der Waals surface area (Å²) in [6.07, 6.45) is 9.76. The van der Waals surface area contributed by atoms with Gasteiger partial charge in [-0.2, -0.15) is 0 Å². The van der Waals surface area contributed by atoms with Crippen LogP contribution in [0.15, 0.2) is 0 Å². The van der Waals surface area contributed by atoms with Crippen LogP contribution in [-0.4, -0.2) is 5.75 Å². The first kappa shape index (κ1) is 14.5. The van der Waals surface area contributed by atoms with Gasteiger partial charge in [-0.05, 0) is 12.2 Å². The minimum absolute atomic E-state index is 0.325. The van der Waals surface area contributed by atoms with Gasteiger partial charge in [-0.25, -0.2) is 0 Å². The Labute approximate surface area is 98.8 Å². The average molecular weight is 256 g/mol. The highest BCUT2D eigenvalue weighted by molar-refractivity contribution is 9.06. The van der Waals surface area contributed by atoms with Crippen molar-refractivity contribution in [3.8, 4) is 0 Å². The molecule has 0 amide bonds. The molecule has 0 aromatic carbocycles. The van der Waals surface area contributed by atoms with Crippen LogP contribution >= 0.6 is 41.4 Å². The summed E-state index contributed by atoms with van der Waals surface area (Å²) in [4.78, 5) is 0. The fraction of sp³-hybridized carbons (Fsp3) is 1.00. The first-order chi connectivity index (χ1) is 6.27. The maximum absolute atomic E-state index is 4.26. The Bertz CT molecular complexity index is 98.9. The van der Waals surface area contributed by atoms with E-state index in [1.807, 2.05) is 11.4 Å². The highest BCUT2D eigenvalue weighted by Gasteiger charge is 1.95. The Hall–Kier alpha value is 1.48. The van der Waals surface area contributed by atoms with Gasteiger partial charge < -0.3 is 0 Å². The van der Waals surface area contributed by atoms with Crippen LogP contribution in [0.2, 0.25) is 0 Å². The minimum Gasteiger partial charge on any atom is -0.130 e. The SMILES string of the molecule is CCCCCCCCCSP(S)S. The highest BCUT2D eigenvalue weighted by Crippen LogP contribution is 2.58. The number of unbranched alkanes of at least 4 members (excludes halogenated alkanes) is 6. The average Bonchev–Trinajstić information content (AvgIpc) is 2.09. The molecule has 0 heterocycles. The van der Waals surface area contributed by atoms with Crippen LogP contribution in [0.25, 0.3) is 0 Å². The third-order valence-electron chi connectivity index (χ3n) is 1.95.